The molecule has 17 heavy (non-hydrogen) atoms. The molecule has 6 nitrogen and oxygen atoms in total. The summed E-state index contributed by atoms with van der Waals surface area (Å²) in [5, 5.41) is 16.4. The Balaban J connectivity index is 2.66. The third-order valence-electron chi connectivity index (χ3n) is 2.38. The minimum absolute atomic E-state index is 0.194. The second-order valence-corrected chi connectivity index (χ2v) is 5.76. The zero-order chi connectivity index (χ0) is 12.6. The minimum atomic E-state index is -3.84. The lowest BCUT2D eigenvalue weighted by molar-refractivity contribution is 0.571. The zero-order valence-corrected chi connectivity index (χ0v) is 11.0. The predicted octanol–water partition coefficient (Wildman–Crippen LogP) is 0.982. The van der Waals surface area contributed by atoms with Gasteiger partial charge in [-0.3, -0.25) is 4.57 Å². The zero-order valence-electron chi connectivity index (χ0n) is 9.41. The van der Waals surface area contributed by atoms with Gasteiger partial charge in [-0.1, -0.05) is 0 Å². The van der Waals surface area contributed by atoms with Crippen LogP contribution in [0.15, 0.2) is 15.9 Å². The quantitative estimate of drug-likeness (QED) is 0.901. The fourth-order valence-corrected chi connectivity index (χ4v) is 3.08. The molecule has 2 rings (SSSR count). The van der Waals surface area contributed by atoms with Crippen molar-refractivity contribution in [3.8, 4) is 11.4 Å². The van der Waals surface area contributed by atoms with Gasteiger partial charge >= 0.3 is 0 Å². The molecule has 0 aromatic carbocycles. The van der Waals surface area contributed by atoms with Gasteiger partial charge in [0.25, 0.3) is 15.2 Å². The molecule has 0 fully saturated rings. The summed E-state index contributed by atoms with van der Waals surface area (Å²) in [4.78, 5) is 0. The van der Waals surface area contributed by atoms with Crippen LogP contribution in [0.1, 0.15) is 12.5 Å². The van der Waals surface area contributed by atoms with E-state index in [1.54, 1.807) is 0 Å². The first-order chi connectivity index (χ1) is 7.95. The predicted molar refractivity (Wildman–Crippen MR) is 65.1 cm³/mol. The number of sulfonamides is 1. The molecule has 8 heteroatoms. The summed E-state index contributed by atoms with van der Waals surface area (Å²) in [5.41, 5.74) is 1.93. The van der Waals surface area contributed by atoms with Gasteiger partial charge in [-0.25, -0.2) is 13.6 Å². The van der Waals surface area contributed by atoms with Gasteiger partial charge in [0.2, 0.25) is 0 Å². The molecule has 0 amide bonds. The molecule has 0 saturated heterocycles. The Labute approximate surface area is 103 Å². The van der Waals surface area contributed by atoms with Crippen molar-refractivity contribution in [2.75, 3.05) is 0 Å². The van der Waals surface area contributed by atoms with E-state index in [0.29, 0.717) is 12.4 Å². The molecule has 0 spiro atoms. The molecular formula is C9H12N4O2S2. The number of hydrogen-bond donors (Lipinski definition) is 1. The van der Waals surface area contributed by atoms with Crippen molar-refractivity contribution in [2.45, 2.75) is 25.5 Å². The summed E-state index contributed by atoms with van der Waals surface area (Å²) < 4.78 is 24.2. The van der Waals surface area contributed by atoms with Crippen LogP contribution in [-0.2, 0) is 16.6 Å². The van der Waals surface area contributed by atoms with E-state index in [4.69, 9.17) is 5.14 Å². The first-order valence-electron chi connectivity index (χ1n) is 4.94. The molecule has 0 unspecified atom stereocenters. The Kier molecular flexibility index (Phi) is 3.02. The summed E-state index contributed by atoms with van der Waals surface area (Å²) in [5.74, 6) is 0.537. The van der Waals surface area contributed by atoms with E-state index in [1.165, 1.54) is 15.9 Å². The fraction of sp³-hybridized carbons (Fsp3) is 0.333. The molecule has 0 aliphatic heterocycles. The topological polar surface area (TPSA) is 90.9 Å². The van der Waals surface area contributed by atoms with Crippen LogP contribution in [0.25, 0.3) is 11.4 Å². The van der Waals surface area contributed by atoms with Crippen molar-refractivity contribution in [3.63, 3.8) is 0 Å². The Morgan fingerprint density at radius 2 is 2.12 bits per heavy atom. The average molecular weight is 272 g/mol. The van der Waals surface area contributed by atoms with Crippen molar-refractivity contribution in [3.05, 3.63) is 16.3 Å². The highest BCUT2D eigenvalue weighted by Gasteiger charge is 2.21. The number of primary sulfonamides is 1. The van der Waals surface area contributed by atoms with E-state index >= 15 is 0 Å². The number of nitrogens with zero attached hydrogens (tertiary/aromatic N) is 3. The van der Waals surface area contributed by atoms with Crippen LogP contribution in [0.3, 0.4) is 0 Å². The molecule has 2 heterocycles. The van der Waals surface area contributed by atoms with Gasteiger partial charge in [-0.2, -0.15) is 11.3 Å². The van der Waals surface area contributed by atoms with Crippen molar-refractivity contribution in [2.24, 2.45) is 5.14 Å². The van der Waals surface area contributed by atoms with Crippen LogP contribution in [0.4, 0.5) is 0 Å². The first kappa shape index (κ1) is 12.2. The number of rotatable bonds is 3. The lowest BCUT2D eigenvalue weighted by Crippen LogP contribution is -2.18. The number of aromatic nitrogens is 3. The normalized spacial score (nSPS) is 11.9. The van der Waals surface area contributed by atoms with Crippen molar-refractivity contribution in [1.29, 1.82) is 0 Å². The highest BCUT2D eigenvalue weighted by Crippen LogP contribution is 2.26. The molecule has 0 radical (unpaired) electrons. The smallest absolute Gasteiger partial charge is 0.273 e. The molecule has 2 aromatic rings. The number of thiophene rings is 1. The van der Waals surface area contributed by atoms with Crippen molar-refractivity contribution >= 4 is 21.4 Å². The Morgan fingerprint density at radius 3 is 2.59 bits per heavy atom. The SMILES string of the molecule is CCn1c(-c2cscc2C)nnc1S(N)(=O)=O. The molecule has 2 N–H and O–H groups in total. The number of aryl methyl sites for hydroxylation is 1. The van der Waals surface area contributed by atoms with E-state index in [2.05, 4.69) is 10.2 Å². The van der Waals surface area contributed by atoms with Crippen molar-refractivity contribution < 1.29 is 8.42 Å². The first-order valence-corrected chi connectivity index (χ1v) is 7.43. The van der Waals surface area contributed by atoms with Gasteiger partial charge in [-0.05, 0) is 24.8 Å². The third-order valence-corrected chi connectivity index (χ3v) is 4.06. The van der Waals surface area contributed by atoms with E-state index < -0.39 is 10.0 Å². The molecule has 2 aromatic heterocycles. The molecular weight excluding hydrogens is 260 g/mol. The van der Waals surface area contributed by atoms with Crippen LogP contribution in [-0.4, -0.2) is 23.2 Å². The minimum Gasteiger partial charge on any atom is -0.297 e. The maximum atomic E-state index is 11.3. The standard InChI is InChI=1S/C9H12N4O2S2/c1-3-13-8(7-5-16-4-6(7)2)11-12-9(13)17(10,14)15/h4-5H,3H2,1-2H3,(H2,10,14,15). The molecule has 92 valence electrons. The summed E-state index contributed by atoms with van der Waals surface area (Å²) in [6.45, 7) is 4.21. The Morgan fingerprint density at radius 1 is 1.41 bits per heavy atom. The molecule has 0 bridgehead atoms. The molecule has 0 aliphatic carbocycles. The maximum absolute atomic E-state index is 11.3. The maximum Gasteiger partial charge on any atom is 0.273 e. The van der Waals surface area contributed by atoms with Crippen LogP contribution >= 0.6 is 11.3 Å². The molecule has 0 atom stereocenters. The second kappa shape index (κ2) is 4.21. The highest BCUT2D eigenvalue weighted by atomic mass is 32.2. The van der Waals surface area contributed by atoms with E-state index in [9.17, 15) is 8.42 Å². The fourth-order valence-electron chi connectivity index (χ4n) is 1.57. The van der Waals surface area contributed by atoms with Gasteiger partial charge < -0.3 is 0 Å². The highest BCUT2D eigenvalue weighted by molar-refractivity contribution is 7.89. The van der Waals surface area contributed by atoms with E-state index in [-0.39, 0.29) is 5.16 Å². The van der Waals surface area contributed by atoms with E-state index in [0.717, 1.165) is 11.1 Å². The largest absolute Gasteiger partial charge is 0.297 e. The van der Waals surface area contributed by atoms with Gasteiger partial charge in [0.05, 0.1) is 0 Å². The summed E-state index contributed by atoms with van der Waals surface area (Å²) in [6.07, 6.45) is 0. The Hall–Kier alpha value is -1.25. The number of nitrogens with two attached hydrogens (primary N) is 1. The van der Waals surface area contributed by atoms with Crippen LogP contribution in [0, 0.1) is 6.92 Å². The second-order valence-electron chi connectivity index (χ2n) is 3.56. The van der Waals surface area contributed by atoms with Crippen LogP contribution in [0.2, 0.25) is 0 Å². The number of hydrogen-bond acceptors (Lipinski definition) is 5. The molecule has 0 saturated carbocycles. The van der Waals surface area contributed by atoms with Crippen LogP contribution < -0.4 is 5.14 Å². The third kappa shape index (κ3) is 2.11. The van der Waals surface area contributed by atoms with Gasteiger partial charge in [0, 0.05) is 17.5 Å². The van der Waals surface area contributed by atoms with Gasteiger partial charge in [0.1, 0.15) is 0 Å². The Bertz CT molecular complexity index is 642. The summed E-state index contributed by atoms with van der Waals surface area (Å²) in [7, 11) is -3.84. The lowest BCUT2D eigenvalue weighted by atomic mass is 10.2. The molecule has 0 aliphatic rings. The summed E-state index contributed by atoms with van der Waals surface area (Å²) >= 11 is 1.54. The van der Waals surface area contributed by atoms with Crippen molar-refractivity contribution in [1.82, 2.24) is 14.8 Å². The van der Waals surface area contributed by atoms with Gasteiger partial charge in [-0.15, -0.1) is 10.2 Å². The van der Waals surface area contributed by atoms with Gasteiger partial charge in [0.15, 0.2) is 5.82 Å². The monoisotopic (exact) mass is 272 g/mol. The van der Waals surface area contributed by atoms with E-state index in [1.807, 2.05) is 24.6 Å². The summed E-state index contributed by atoms with van der Waals surface area (Å²) in [6, 6.07) is 0. The lowest BCUT2D eigenvalue weighted by Gasteiger charge is -2.05. The average Bonchev–Trinajstić information content (AvgIpc) is 2.81. The van der Waals surface area contributed by atoms with Crippen LogP contribution in [0.5, 0.6) is 0 Å².